The van der Waals surface area contributed by atoms with E-state index in [1.54, 1.807) is 0 Å². The molecule has 282 valence electrons. The number of fused-ring (bicyclic) bond motifs is 20. The van der Waals surface area contributed by atoms with Crippen molar-refractivity contribution in [2.45, 2.75) is 19.6 Å². The Morgan fingerprint density at radius 2 is 0.839 bits per heavy atom. The Kier molecular flexibility index (Phi) is 7.54. The van der Waals surface area contributed by atoms with Crippen molar-refractivity contribution in [1.82, 2.24) is 39.9 Å². The van der Waals surface area contributed by atoms with E-state index in [0.717, 1.165) is 12.1 Å². The van der Waals surface area contributed by atoms with E-state index in [2.05, 4.69) is 34.9 Å². The third-order valence-corrected chi connectivity index (χ3v) is 12.5. The van der Waals surface area contributed by atoms with Gasteiger partial charge >= 0.3 is 0 Å². The summed E-state index contributed by atoms with van der Waals surface area (Å²) in [5.74, 6) is -0.240. The first-order valence-electron chi connectivity index (χ1n) is 15.6. The zero-order valence-electron chi connectivity index (χ0n) is 27.5. The number of nitrogens with zero attached hydrogens (tertiary/aromatic N) is 9. The molecule has 5 heterocycles. The molecule has 8 bridgehead atoms. The van der Waals surface area contributed by atoms with Gasteiger partial charge in [-0.1, -0.05) is 0 Å². The second-order valence-corrected chi connectivity index (χ2v) is 18.4. The Labute approximate surface area is 316 Å². The van der Waals surface area contributed by atoms with Crippen LogP contribution in [0.4, 0.5) is 0 Å². The van der Waals surface area contributed by atoms with Gasteiger partial charge in [0, 0.05) is 44.2 Å². The van der Waals surface area contributed by atoms with Crippen molar-refractivity contribution in [1.29, 1.82) is 13.8 Å². The van der Waals surface area contributed by atoms with Crippen LogP contribution in [0.1, 0.15) is 0 Å². The van der Waals surface area contributed by atoms with Crippen LogP contribution in [0.25, 0.3) is 90.4 Å². The Balaban J connectivity index is 1.46. The first kappa shape index (κ1) is 35.8. The van der Waals surface area contributed by atoms with Crippen molar-refractivity contribution in [3.63, 3.8) is 0 Å². The normalized spacial score (nSPS) is 13.2. The van der Waals surface area contributed by atoms with E-state index in [1.807, 2.05) is 0 Å². The van der Waals surface area contributed by atoms with Crippen LogP contribution in [0, 0.1) is 13.8 Å². The molecule has 20 nitrogen and oxygen atoms in total. The number of aromatic amines is 2. The first-order chi connectivity index (χ1) is 26.2. The van der Waals surface area contributed by atoms with E-state index in [1.165, 1.54) is 60.7 Å². The largest absolute Gasteiger partial charge is 0.325 e. The Hall–Kier alpha value is -5.91. The van der Waals surface area contributed by atoms with Crippen molar-refractivity contribution in [2.24, 2.45) is 0 Å². The molecule has 9 rings (SSSR count). The lowest BCUT2D eigenvalue weighted by atomic mass is 10.1. The molecule has 0 fully saturated rings. The molecule has 24 heteroatoms. The number of rotatable bonds is 1. The molecule has 3 aliphatic rings. The standard InChI is InChI=1S/C32H21N11O9S4/c33-53(44,45)13-1-5-17-21(9-13)29-36-25(17)38-30-23-11-15(55(35,48)49)3-7-19(23)27(40-30)42-32-24-12-16(56(50,51)52)4-8-20(24)28(43-32)41-31-22-10-14(54(34,46)47)2-6-18(22)26(37-29)39-31/h1-12,44-49H,(H,50,51,52)(H2,36,37,38,39,40,41,42,43). The summed E-state index contributed by atoms with van der Waals surface area (Å²) in [5, 5.41) is 0.619. The van der Waals surface area contributed by atoms with Crippen LogP contribution in [0.5, 0.6) is 0 Å². The maximum atomic E-state index is 12.2. The van der Waals surface area contributed by atoms with Crippen LogP contribution >= 0.6 is 30.7 Å². The molecule has 0 saturated carbocycles. The molecule has 3 aliphatic heterocycles. The van der Waals surface area contributed by atoms with E-state index in [-0.39, 0.29) is 94.1 Å². The fourth-order valence-corrected chi connectivity index (χ4v) is 8.47. The lowest BCUT2D eigenvalue weighted by Crippen LogP contribution is -1.98. The molecule has 4 aromatic carbocycles. The molecule has 0 aliphatic carbocycles. The third kappa shape index (κ3) is 5.93. The van der Waals surface area contributed by atoms with Gasteiger partial charge < -0.3 is 9.97 Å². The highest BCUT2D eigenvalue weighted by Crippen LogP contribution is 2.45. The van der Waals surface area contributed by atoms with E-state index < -0.39 is 45.7 Å². The molecular formula is C32H21N11O9S4. The van der Waals surface area contributed by atoms with Crippen LogP contribution in [0.3, 0.4) is 0 Å². The van der Waals surface area contributed by atoms with Crippen LogP contribution in [0.15, 0.2) is 92.4 Å². The SMILES string of the molecule is N#S(O)(O)c1ccc2c(c1)-c1nc-2nc2nc(nc3nc([nH]c4[nH]c(n1)c1ccc(S(#N)(O)O)cc41)-c1ccc(S(#N)(O)O)cc1-3)-c1ccc(S(=O)(=O)O)cc1-2. The minimum Gasteiger partial charge on any atom is -0.325 e. The number of H-pyrrole nitrogens is 2. The maximum Gasteiger partial charge on any atom is 0.294 e. The minimum absolute atomic E-state index is 0.0438. The van der Waals surface area contributed by atoms with Crippen LogP contribution in [-0.2, 0) is 10.1 Å². The summed E-state index contributed by atoms with van der Waals surface area (Å²) in [6, 6.07) is 15.4. The molecule has 0 spiro atoms. The zero-order chi connectivity index (χ0) is 39.7. The highest BCUT2D eigenvalue weighted by molar-refractivity contribution is 8.12. The van der Waals surface area contributed by atoms with Gasteiger partial charge in [0.1, 0.15) is 17.1 Å². The Bertz CT molecular complexity index is 3490. The van der Waals surface area contributed by atoms with Gasteiger partial charge in [-0.05, 0) is 72.8 Å². The fraction of sp³-hybridized carbons (Fsp3) is 0. The van der Waals surface area contributed by atoms with E-state index in [9.17, 15) is 54.1 Å². The first-order valence-corrected chi connectivity index (χ1v) is 21.6. The molecule has 0 atom stereocenters. The van der Waals surface area contributed by atoms with Gasteiger partial charge in [-0.3, -0.25) is 31.9 Å². The number of hydrogen-bond acceptors (Lipinski definition) is 17. The van der Waals surface area contributed by atoms with Crippen molar-refractivity contribution >= 4 is 62.8 Å². The van der Waals surface area contributed by atoms with Gasteiger partial charge in [-0.25, -0.2) is 29.9 Å². The molecule has 6 aromatic rings. The fourth-order valence-electron chi connectivity index (χ4n) is 6.38. The second kappa shape index (κ2) is 11.8. The van der Waals surface area contributed by atoms with Crippen LogP contribution in [-0.4, -0.2) is 80.2 Å². The van der Waals surface area contributed by atoms with Crippen molar-refractivity contribution in [3.8, 4) is 68.3 Å². The highest BCUT2D eigenvalue weighted by atomic mass is 32.3. The summed E-state index contributed by atoms with van der Waals surface area (Å²) in [6.07, 6.45) is 0. The molecule has 0 amide bonds. The minimum atomic E-state index is -4.71. The average molecular weight is 832 g/mol. The number of nitrogens with one attached hydrogen (secondary N) is 2. The van der Waals surface area contributed by atoms with E-state index in [0.29, 0.717) is 10.9 Å². The van der Waals surface area contributed by atoms with Gasteiger partial charge in [0.15, 0.2) is 59.8 Å². The summed E-state index contributed by atoms with van der Waals surface area (Å²) in [4.78, 5) is 32.8. The molecule has 56 heavy (non-hydrogen) atoms. The average Bonchev–Trinajstić information content (AvgIpc) is 3.84. The van der Waals surface area contributed by atoms with Crippen molar-refractivity contribution < 1.29 is 40.3 Å². The molecule has 0 saturated heterocycles. The molecule has 9 N–H and O–H groups in total. The predicted molar refractivity (Wildman–Crippen MR) is 203 cm³/mol. The monoisotopic (exact) mass is 831 g/mol. The molecular weight excluding hydrogens is 811 g/mol. The molecule has 2 aromatic heterocycles. The van der Waals surface area contributed by atoms with Crippen molar-refractivity contribution in [2.75, 3.05) is 0 Å². The van der Waals surface area contributed by atoms with Crippen molar-refractivity contribution in [3.05, 3.63) is 72.8 Å². The lowest BCUT2D eigenvalue weighted by Gasteiger charge is -2.07. The molecule has 0 unspecified atom stereocenters. The van der Waals surface area contributed by atoms with Gasteiger partial charge in [-0.15, -0.1) is 0 Å². The summed E-state index contributed by atoms with van der Waals surface area (Å²) in [7, 11) is -17.3. The van der Waals surface area contributed by atoms with Gasteiger partial charge in [0.2, 0.25) is 0 Å². The number of aromatic nitrogens is 8. The Morgan fingerprint density at radius 1 is 0.429 bits per heavy atom. The number of benzene rings is 4. The Morgan fingerprint density at radius 3 is 1.38 bits per heavy atom. The molecule has 0 radical (unpaired) electrons. The smallest absolute Gasteiger partial charge is 0.294 e. The summed E-state index contributed by atoms with van der Waals surface area (Å²) in [5.41, 5.74) is 1.58. The van der Waals surface area contributed by atoms with Gasteiger partial charge in [-0.2, -0.15) is 22.2 Å². The van der Waals surface area contributed by atoms with Crippen LogP contribution in [0.2, 0.25) is 0 Å². The van der Waals surface area contributed by atoms with Gasteiger partial charge in [0.05, 0.1) is 19.6 Å². The van der Waals surface area contributed by atoms with E-state index in [4.69, 9.17) is 4.98 Å². The summed E-state index contributed by atoms with van der Waals surface area (Å²) < 4.78 is 125. The van der Waals surface area contributed by atoms with Gasteiger partial charge in [0.25, 0.3) is 10.1 Å². The zero-order valence-corrected chi connectivity index (χ0v) is 30.8. The van der Waals surface area contributed by atoms with E-state index >= 15 is 0 Å². The second-order valence-electron chi connectivity index (χ2n) is 12.5. The topological polar surface area (TPSA) is 356 Å². The quantitative estimate of drug-likeness (QED) is 0.0712. The predicted octanol–water partition coefficient (Wildman–Crippen LogP) is 7.79. The van der Waals surface area contributed by atoms with Crippen LogP contribution < -0.4 is 0 Å². The summed E-state index contributed by atoms with van der Waals surface area (Å²) in [6.45, 7) is 0. The third-order valence-electron chi connectivity index (χ3n) is 8.96. The maximum absolute atomic E-state index is 12.2. The lowest BCUT2D eigenvalue weighted by molar-refractivity contribution is 0.482. The summed E-state index contributed by atoms with van der Waals surface area (Å²) >= 11 is 0. The number of hydrogen-bond donors (Lipinski definition) is 9. The highest BCUT2D eigenvalue weighted by Gasteiger charge is 2.28.